The number of hydrogen-bond acceptors (Lipinski definition) is 5. The third-order valence-electron chi connectivity index (χ3n) is 6.77. The average molecular weight is 464 g/mol. The normalized spacial score (nSPS) is 16.4. The summed E-state index contributed by atoms with van der Waals surface area (Å²) in [6.45, 7) is 5.65. The van der Waals surface area contributed by atoms with Gasteiger partial charge in [0, 0.05) is 49.4 Å². The van der Waals surface area contributed by atoms with E-state index in [0.717, 1.165) is 42.9 Å². The van der Waals surface area contributed by atoms with E-state index in [0.29, 0.717) is 35.3 Å². The molecule has 6 nitrogen and oxygen atoms in total. The summed E-state index contributed by atoms with van der Waals surface area (Å²) in [4.78, 5) is 20.3. The molecule has 34 heavy (non-hydrogen) atoms. The first-order chi connectivity index (χ1) is 16.3. The number of rotatable bonds is 3. The predicted molar refractivity (Wildman–Crippen MR) is 130 cm³/mol. The van der Waals surface area contributed by atoms with E-state index in [9.17, 15) is 9.18 Å². The molecule has 176 valence electrons. The van der Waals surface area contributed by atoms with Crippen molar-refractivity contribution < 1.29 is 13.6 Å². The van der Waals surface area contributed by atoms with Gasteiger partial charge in [0.2, 0.25) is 5.95 Å². The SMILES string of the molecule is Cc1cc2c(cc1-c1cc(-c3ccc(N4CCN(C)CC4)c(F)c3)c(F)nc1N)CCNC2=O. The molecular weight excluding hydrogens is 436 g/mol. The van der Waals surface area contributed by atoms with Crippen LogP contribution in [0.2, 0.25) is 0 Å². The van der Waals surface area contributed by atoms with Gasteiger partial charge in [0.1, 0.15) is 11.6 Å². The Labute approximate surface area is 197 Å². The maximum atomic E-state index is 15.1. The second-order valence-electron chi connectivity index (χ2n) is 9.05. The Morgan fingerprint density at radius 1 is 0.971 bits per heavy atom. The lowest BCUT2D eigenvalue weighted by atomic mass is 9.90. The zero-order valence-corrected chi connectivity index (χ0v) is 19.3. The molecule has 8 heteroatoms. The number of halogens is 2. The van der Waals surface area contributed by atoms with Crippen LogP contribution in [0.15, 0.2) is 36.4 Å². The molecule has 2 aromatic carbocycles. The summed E-state index contributed by atoms with van der Waals surface area (Å²) in [6.07, 6.45) is 0.703. The van der Waals surface area contributed by atoms with Crippen LogP contribution >= 0.6 is 0 Å². The van der Waals surface area contributed by atoms with Gasteiger partial charge in [0.15, 0.2) is 0 Å². The molecule has 0 aliphatic carbocycles. The van der Waals surface area contributed by atoms with Crippen LogP contribution in [0.3, 0.4) is 0 Å². The molecule has 0 bridgehead atoms. The topological polar surface area (TPSA) is 74.5 Å². The van der Waals surface area contributed by atoms with Crippen molar-refractivity contribution in [1.29, 1.82) is 0 Å². The van der Waals surface area contributed by atoms with Crippen LogP contribution in [0.1, 0.15) is 21.5 Å². The Morgan fingerprint density at radius 3 is 2.47 bits per heavy atom. The summed E-state index contributed by atoms with van der Waals surface area (Å²) in [5.41, 5.74) is 11.0. The monoisotopic (exact) mass is 463 g/mol. The molecule has 2 aliphatic heterocycles. The second-order valence-corrected chi connectivity index (χ2v) is 9.05. The number of nitrogen functional groups attached to an aromatic ring is 1. The van der Waals surface area contributed by atoms with Gasteiger partial charge in [-0.3, -0.25) is 4.79 Å². The third-order valence-corrected chi connectivity index (χ3v) is 6.77. The van der Waals surface area contributed by atoms with Crippen LogP contribution < -0.4 is 16.0 Å². The van der Waals surface area contributed by atoms with Gasteiger partial charge in [-0.15, -0.1) is 0 Å². The van der Waals surface area contributed by atoms with Crippen LogP contribution in [-0.2, 0) is 6.42 Å². The minimum absolute atomic E-state index is 0.0547. The number of fused-ring (bicyclic) bond motifs is 1. The summed E-state index contributed by atoms with van der Waals surface area (Å²) in [6, 6.07) is 10.2. The number of benzene rings is 2. The number of nitrogens with one attached hydrogen (secondary N) is 1. The summed E-state index contributed by atoms with van der Waals surface area (Å²) >= 11 is 0. The number of aryl methyl sites for hydroxylation is 1. The first kappa shape index (κ1) is 22.3. The van der Waals surface area contributed by atoms with E-state index in [1.807, 2.05) is 31.0 Å². The minimum atomic E-state index is -0.747. The fourth-order valence-corrected chi connectivity index (χ4v) is 4.77. The molecule has 3 N–H and O–H groups in total. The van der Waals surface area contributed by atoms with E-state index >= 15 is 4.39 Å². The lowest BCUT2D eigenvalue weighted by molar-refractivity contribution is 0.0946. The zero-order chi connectivity index (χ0) is 24.0. The van der Waals surface area contributed by atoms with Gasteiger partial charge in [-0.1, -0.05) is 6.07 Å². The second kappa shape index (κ2) is 8.68. The summed E-state index contributed by atoms with van der Waals surface area (Å²) in [5.74, 6) is -1.18. The fourth-order valence-electron chi connectivity index (χ4n) is 4.77. The van der Waals surface area contributed by atoms with Crippen LogP contribution in [0.4, 0.5) is 20.3 Å². The van der Waals surface area contributed by atoms with Gasteiger partial charge < -0.3 is 20.9 Å². The number of carbonyl (C=O) groups excluding carboxylic acids is 1. The lowest BCUT2D eigenvalue weighted by Gasteiger charge is -2.34. The average Bonchev–Trinajstić information content (AvgIpc) is 2.80. The van der Waals surface area contributed by atoms with E-state index in [2.05, 4.69) is 15.2 Å². The number of likely N-dealkylation sites (N-methyl/N-ethyl adjacent to an activating group) is 1. The van der Waals surface area contributed by atoms with Gasteiger partial charge in [0.05, 0.1) is 5.69 Å². The molecule has 0 spiro atoms. The van der Waals surface area contributed by atoms with Crippen LogP contribution in [0.25, 0.3) is 22.3 Å². The molecule has 1 aromatic heterocycles. The fraction of sp³-hybridized carbons (Fsp3) is 0.308. The number of amides is 1. The maximum Gasteiger partial charge on any atom is 0.251 e. The molecule has 0 radical (unpaired) electrons. The Balaban J connectivity index is 1.54. The highest BCUT2D eigenvalue weighted by atomic mass is 19.1. The Hall–Kier alpha value is -3.52. The number of piperazine rings is 1. The molecule has 0 saturated carbocycles. The molecule has 3 aromatic rings. The summed E-state index contributed by atoms with van der Waals surface area (Å²) in [7, 11) is 2.05. The van der Waals surface area contributed by atoms with Crippen molar-refractivity contribution in [3.05, 3.63) is 64.9 Å². The van der Waals surface area contributed by atoms with Crippen molar-refractivity contribution >= 4 is 17.4 Å². The highest BCUT2D eigenvalue weighted by Gasteiger charge is 2.22. The van der Waals surface area contributed by atoms with Crippen molar-refractivity contribution in [3.63, 3.8) is 0 Å². The first-order valence-electron chi connectivity index (χ1n) is 11.4. The molecule has 2 aliphatic rings. The van der Waals surface area contributed by atoms with Crippen LogP contribution in [0, 0.1) is 18.7 Å². The largest absolute Gasteiger partial charge is 0.383 e. The highest BCUT2D eigenvalue weighted by molar-refractivity contribution is 5.98. The van der Waals surface area contributed by atoms with Crippen LogP contribution in [-0.4, -0.2) is 55.6 Å². The van der Waals surface area contributed by atoms with E-state index < -0.39 is 11.8 Å². The summed E-state index contributed by atoms with van der Waals surface area (Å²) < 4.78 is 30.0. The Bertz CT molecular complexity index is 1280. The smallest absolute Gasteiger partial charge is 0.251 e. The van der Waals surface area contributed by atoms with Gasteiger partial charge in [-0.05, 0) is 73.0 Å². The molecule has 0 unspecified atom stereocenters. The van der Waals surface area contributed by atoms with Crippen molar-refractivity contribution in [3.8, 4) is 22.3 Å². The van der Waals surface area contributed by atoms with Gasteiger partial charge >= 0.3 is 0 Å². The van der Waals surface area contributed by atoms with Gasteiger partial charge in [-0.25, -0.2) is 9.37 Å². The highest BCUT2D eigenvalue weighted by Crippen LogP contribution is 2.36. The van der Waals surface area contributed by atoms with Gasteiger partial charge in [0.25, 0.3) is 5.91 Å². The number of aromatic nitrogens is 1. The molecule has 5 rings (SSSR count). The van der Waals surface area contributed by atoms with Gasteiger partial charge in [-0.2, -0.15) is 4.39 Å². The van der Waals surface area contributed by atoms with Crippen molar-refractivity contribution in [2.24, 2.45) is 0 Å². The van der Waals surface area contributed by atoms with E-state index in [1.54, 1.807) is 18.2 Å². The number of pyridine rings is 1. The standard InChI is InChI=1S/C26H27F2N5O/c1-15-11-20-17(5-6-30-26(20)34)12-18(15)21-14-19(24(28)31-25(21)29)16-3-4-23(22(27)13-16)33-9-7-32(2)8-10-33/h3-4,11-14H,5-10H2,1-2H3,(H2,29,31)(H,30,34). The minimum Gasteiger partial charge on any atom is -0.383 e. The quantitative estimate of drug-likeness (QED) is 0.581. The van der Waals surface area contributed by atoms with Crippen molar-refractivity contribution in [1.82, 2.24) is 15.2 Å². The molecule has 3 heterocycles. The predicted octanol–water partition coefficient (Wildman–Crippen LogP) is 3.62. The lowest BCUT2D eigenvalue weighted by Crippen LogP contribution is -2.44. The molecular formula is C26H27F2N5O. The Morgan fingerprint density at radius 2 is 1.74 bits per heavy atom. The first-order valence-corrected chi connectivity index (χ1v) is 11.4. The van der Waals surface area contributed by atoms with E-state index in [1.165, 1.54) is 6.07 Å². The molecule has 0 atom stereocenters. The van der Waals surface area contributed by atoms with E-state index in [4.69, 9.17) is 5.73 Å². The Kier molecular flexibility index (Phi) is 5.69. The third kappa shape index (κ3) is 3.98. The van der Waals surface area contributed by atoms with E-state index in [-0.39, 0.29) is 17.3 Å². The molecule has 1 fully saturated rings. The van der Waals surface area contributed by atoms with Crippen molar-refractivity contribution in [2.75, 3.05) is 50.4 Å². The number of nitrogens with two attached hydrogens (primary N) is 1. The summed E-state index contributed by atoms with van der Waals surface area (Å²) in [5, 5.41) is 2.84. The number of carbonyl (C=O) groups is 1. The number of hydrogen-bond donors (Lipinski definition) is 2. The number of nitrogens with zero attached hydrogens (tertiary/aromatic N) is 3. The molecule has 1 amide bonds. The maximum absolute atomic E-state index is 15.1. The molecule has 1 saturated heterocycles. The van der Waals surface area contributed by atoms with Crippen LogP contribution in [0.5, 0.6) is 0 Å². The zero-order valence-electron chi connectivity index (χ0n) is 19.3. The van der Waals surface area contributed by atoms with Crippen molar-refractivity contribution in [2.45, 2.75) is 13.3 Å². The number of anilines is 2.